The van der Waals surface area contributed by atoms with Crippen molar-refractivity contribution in [1.82, 2.24) is 9.97 Å². The van der Waals surface area contributed by atoms with E-state index >= 15 is 0 Å². The number of nitrogens with zero attached hydrogens (tertiary/aromatic N) is 1. The maximum absolute atomic E-state index is 4.85. The lowest BCUT2D eigenvalue weighted by Crippen LogP contribution is -1.81. The molecule has 1 N–H and O–H groups in total. The molecule has 0 atom stereocenters. The summed E-state index contributed by atoms with van der Waals surface area (Å²) in [5.41, 5.74) is 2.27. The van der Waals surface area contributed by atoms with Crippen LogP contribution in [-0.4, -0.2) is 17.1 Å². The first-order valence-electron chi connectivity index (χ1n) is 5.00. The van der Waals surface area contributed by atoms with Crippen LogP contribution in [0.1, 0.15) is 12.0 Å². The number of nitrogens with one attached hydrogen (secondary N) is 1. The molecule has 2 rings (SSSR count). The fourth-order valence-corrected chi connectivity index (χ4v) is 1.62. The molecule has 3 heteroatoms. The highest BCUT2D eigenvalue weighted by Gasteiger charge is 2.01. The Balaban J connectivity index is 2.11. The van der Waals surface area contributed by atoms with Gasteiger partial charge in [0.15, 0.2) is 0 Å². The normalized spacial score (nSPS) is 11.3. The molecule has 0 radical (unpaired) electrons. The van der Waals surface area contributed by atoms with E-state index < -0.39 is 0 Å². The topological polar surface area (TPSA) is 37.9 Å². The molecule has 0 spiro atoms. The van der Waals surface area contributed by atoms with Crippen molar-refractivity contribution >= 4 is 11.0 Å². The van der Waals surface area contributed by atoms with E-state index in [1.165, 1.54) is 10.9 Å². The smallest absolute Gasteiger partial charge is 0.137 e. The van der Waals surface area contributed by atoms with E-state index in [0.717, 1.165) is 18.5 Å². The number of allylic oxidation sites excluding steroid dienone is 1. The van der Waals surface area contributed by atoms with Gasteiger partial charge in [-0.2, -0.15) is 0 Å². The van der Waals surface area contributed by atoms with Crippen molar-refractivity contribution < 1.29 is 4.74 Å². The molecule has 0 aliphatic rings. The number of aromatic amines is 1. The summed E-state index contributed by atoms with van der Waals surface area (Å²) in [5.74, 6) is 0. The maximum atomic E-state index is 4.85. The largest absolute Gasteiger partial charge is 0.505 e. The van der Waals surface area contributed by atoms with Gasteiger partial charge >= 0.3 is 0 Å². The Kier molecular flexibility index (Phi) is 3.02. The fraction of sp³-hybridized carbons (Fsp3) is 0.250. The number of rotatable bonds is 4. The first-order chi connectivity index (χ1) is 7.42. The lowest BCUT2D eigenvalue weighted by atomic mass is 10.1. The molecule has 2 aromatic heterocycles. The van der Waals surface area contributed by atoms with Gasteiger partial charge in [0.05, 0.1) is 13.4 Å². The van der Waals surface area contributed by atoms with Gasteiger partial charge in [-0.05, 0) is 36.6 Å². The standard InChI is InChI=1S/C12H14N2O/c1-15-8-3-2-5-10-9-14-12-11(10)6-4-7-13-12/h3-4,6-9H,2,5H2,1H3,(H,13,14)/b8-3+. The minimum Gasteiger partial charge on any atom is -0.505 e. The first-order valence-corrected chi connectivity index (χ1v) is 5.00. The van der Waals surface area contributed by atoms with Crippen LogP contribution in [0, 0.1) is 0 Å². The lowest BCUT2D eigenvalue weighted by molar-refractivity contribution is 0.336. The Labute approximate surface area is 88.8 Å². The van der Waals surface area contributed by atoms with Gasteiger partial charge in [0.1, 0.15) is 5.65 Å². The lowest BCUT2D eigenvalue weighted by Gasteiger charge is -1.94. The zero-order valence-electron chi connectivity index (χ0n) is 8.73. The highest BCUT2D eigenvalue weighted by atomic mass is 16.5. The third kappa shape index (κ3) is 2.18. The second kappa shape index (κ2) is 4.64. The van der Waals surface area contributed by atoms with Gasteiger partial charge in [-0.15, -0.1) is 0 Å². The summed E-state index contributed by atoms with van der Waals surface area (Å²) < 4.78 is 4.85. The molecular weight excluding hydrogens is 188 g/mol. The van der Waals surface area contributed by atoms with E-state index in [9.17, 15) is 0 Å². The molecule has 78 valence electrons. The van der Waals surface area contributed by atoms with Crippen LogP contribution in [-0.2, 0) is 11.2 Å². The number of aromatic nitrogens is 2. The fourth-order valence-electron chi connectivity index (χ4n) is 1.62. The molecule has 0 saturated heterocycles. The van der Waals surface area contributed by atoms with Gasteiger partial charge in [-0.3, -0.25) is 0 Å². The molecule has 15 heavy (non-hydrogen) atoms. The predicted octanol–water partition coefficient (Wildman–Crippen LogP) is 2.66. The van der Waals surface area contributed by atoms with Crippen molar-refractivity contribution in [3.63, 3.8) is 0 Å². The second-order valence-corrected chi connectivity index (χ2v) is 3.36. The zero-order chi connectivity index (χ0) is 10.5. The van der Waals surface area contributed by atoms with Crippen molar-refractivity contribution in [3.8, 4) is 0 Å². The van der Waals surface area contributed by atoms with Crippen LogP contribution in [0.5, 0.6) is 0 Å². The molecule has 0 saturated carbocycles. The molecule has 0 aliphatic heterocycles. The summed E-state index contributed by atoms with van der Waals surface area (Å²) in [6.07, 6.45) is 9.55. The van der Waals surface area contributed by atoms with E-state index in [0.29, 0.717) is 0 Å². The minimum absolute atomic E-state index is 0.961. The van der Waals surface area contributed by atoms with Crippen molar-refractivity contribution in [2.45, 2.75) is 12.8 Å². The highest BCUT2D eigenvalue weighted by Crippen LogP contribution is 2.17. The maximum Gasteiger partial charge on any atom is 0.137 e. The van der Waals surface area contributed by atoms with Crippen LogP contribution in [0.4, 0.5) is 0 Å². The summed E-state index contributed by atoms with van der Waals surface area (Å²) in [6.45, 7) is 0. The van der Waals surface area contributed by atoms with Crippen molar-refractivity contribution in [1.29, 1.82) is 0 Å². The second-order valence-electron chi connectivity index (χ2n) is 3.36. The molecule has 0 aromatic carbocycles. The van der Waals surface area contributed by atoms with E-state index in [4.69, 9.17) is 4.74 Å². The van der Waals surface area contributed by atoms with Crippen LogP contribution in [0.2, 0.25) is 0 Å². The molecule has 0 unspecified atom stereocenters. The Bertz CT molecular complexity index is 459. The Morgan fingerprint density at radius 3 is 3.33 bits per heavy atom. The number of pyridine rings is 1. The van der Waals surface area contributed by atoms with Gasteiger partial charge in [0.25, 0.3) is 0 Å². The third-order valence-corrected chi connectivity index (χ3v) is 2.35. The van der Waals surface area contributed by atoms with Crippen molar-refractivity contribution in [3.05, 3.63) is 42.4 Å². The number of hydrogen-bond acceptors (Lipinski definition) is 2. The van der Waals surface area contributed by atoms with Crippen LogP contribution in [0.15, 0.2) is 36.9 Å². The van der Waals surface area contributed by atoms with Crippen LogP contribution in [0.25, 0.3) is 11.0 Å². The van der Waals surface area contributed by atoms with E-state index in [-0.39, 0.29) is 0 Å². The van der Waals surface area contributed by atoms with Gasteiger partial charge in [0, 0.05) is 17.8 Å². The molecule has 0 fully saturated rings. The monoisotopic (exact) mass is 202 g/mol. The number of H-pyrrole nitrogens is 1. The van der Waals surface area contributed by atoms with Gasteiger partial charge in [0.2, 0.25) is 0 Å². The number of fused-ring (bicyclic) bond motifs is 1. The summed E-state index contributed by atoms with van der Waals surface area (Å²) in [4.78, 5) is 7.41. The summed E-state index contributed by atoms with van der Waals surface area (Å²) >= 11 is 0. The number of ether oxygens (including phenoxy) is 1. The first kappa shape index (κ1) is 9.77. The number of aryl methyl sites for hydroxylation is 1. The molecule has 0 amide bonds. The molecule has 2 aromatic rings. The van der Waals surface area contributed by atoms with Gasteiger partial charge in [-0.1, -0.05) is 0 Å². The summed E-state index contributed by atoms with van der Waals surface area (Å²) in [7, 11) is 1.66. The molecule has 2 heterocycles. The van der Waals surface area contributed by atoms with E-state index in [2.05, 4.69) is 16.0 Å². The average molecular weight is 202 g/mol. The Morgan fingerprint density at radius 2 is 2.47 bits per heavy atom. The van der Waals surface area contributed by atoms with Crippen molar-refractivity contribution in [2.24, 2.45) is 0 Å². The quantitative estimate of drug-likeness (QED) is 0.774. The van der Waals surface area contributed by atoms with E-state index in [1.54, 1.807) is 19.6 Å². The molecule has 3 nitrogen and oxygen atoms in total. The predicted molar refractivity (Wildman–Crippen MR) is 60.6 cm³/mol. The third-order valence-electron chi connectivity index (χ3n) is 2.35. The van der Waals surface area contributed by atoms with E-state index in [1.807, 2.05) is 18.3 Å². The Morgan fingerprint density at radius 1 is 1.53 bits per heavy atom. The zero-order valence-corrected chi connectivity index (χ0v) is 8.73. The summed E-state index contributed by atoms with van der Waals surface area (Å²) in [6, 6.07) is 4.05. The Hall–Kier alpha value is -1.77. The highest BCUT2D eigenvalue weighted by molar-refractivity contribution is 5.79. The molecule has 0 bridgehead atoms. The molecular formula is C12H14N2O. The van der Waals surface area contributed by atoms with Gasteiger partial charge in [-0.25, -0.2) is 4.98 Å². The van der Waals surface area contributed by atoms with Crippen molar-refractivity contribution in [2.75, 3.05) is 7.11 Å². The van der Waals surface area contributed by atoms with Crippen LogP contribution >= 0.6 is 0 Å². The number of methoxy groups -OCH3 is 1. The SMILES string of the molecule is CO/C=C/CCc1c[nH]c2ncccc12. The molecule has 0 aliphatic carbocycles. The van der Waals surface area contributed by atoms with Gasteiger partial charge < -0.3 is 9.72 Å². The van der Waals surface area contributed by atoms with Crippen LogP contribution < -0.4 is 0 Å². The number of hydrogen-bond donors (Lipinski definition) is 1. The summed E-state index contributed by atoms with van der Waals surface area (Å²) in [5, 5.41) is 1.21. The van der Waals surface area contributed by atoms with Crippen LogP contribution in [0.3, 0.4) is 0 Å². The minimum atomic E-state index is 0.961. The average Bonchev–Trinajstić information content (AvgIpc) is 2.68.